The molecule has 1 N–H and O–H groups in total. The number of rotatable bonds is 5. The average molecular weight is 483 g/mol. The van der Waals surface area contributed by atoms with E-state index in [0.29, 0.717) is 22.7 Å². The Morgan fingerprint density at radius 1 is 1.10 bits per heavy atom. The monoisotopic (exact) mass is 482 g/mol. The van der Waals surface area contributed by atoms with Gasteiger partial charge in [-0.05, 0) is 54.3 Å². The summed E-state index contributed by atoms with van der Waals surface area (Å²) in [4.78, 5) is 19.2. The van der Waals surface area contributed by atoms with E-state index in [1.807, 2.05) is 42.6 Å². The largest absolute Gasteiger partial charge is 0.497 e. The second-order valence-electron chi connectivity index (χ2n) is 6.67. The summed E-state index contributed by atoms with van der Waals surface area (Å²) in [5.41, 5.74) is 3.64. The predicted molar refractivity (Wildman–Crippen MR) is 125 cm³/mol. The molecule has 4 rings (SSSR count). The summed E-state index contributed by atoms with van der Waals surface area (Å²) in [5.74, 6) is 0.936. The number of ether oxygens (including phenoxy) is 2. The molecule has 0 unspecified atom stereocenters. The fraction of sp³-hybridized carbons (Fsp3) is 0.130. The van der Waals surface area contributed by atoms with Gasteiger partial charge in [-0.25, -0.2) is 4.98 Å². The number of fused-ring (bicyclic) bond motifs is 1. The van der Waals surface area contributed by atoms with Crippen LogP contribution in [0.3, 0.4) is 0 Å². The lowest BCUT2D eigenvalue weighted by Gasteiger charge is -2.14. The molecule has 0 aliphatic carbocycles. The highest BCUT2D eigenvalue weighted by molar-refractivity contribution is 9.10. The summed E-state index contributed by atoms with van der Waals surface area (Å²) in [5, 5.41) is 5.75. The summed E-state index contributed by atoms with van der Waals surface area (Å²) >= 11 is 5.13. The van der Waals surface area contributed by atoms with Crippen LogP contribution in [0.1, 0.15) is 15.9 Å². The number of anilines is 1. The van der Waals surface area contributed by atoms with Gasteiger partial charge in [0.1, 0.15) is 11.5 Å². The number of hydrogen-bond acceptors (Lipinski definition) is 5. The molecule has 2 aromatic carbocycles. The Hall–Kier alpha value is -2.90. The SMILES string of the molecule is COc1ccc(OC)c(NC(=O)c2cc(-c3cccs3)nc3c(C)cc(Br)cc23)c1. The summed E-state index contributed by atoms with van der Waals surface area (Å²) in [6, 6.07) is 15.0. The molecule has 5 nitrogen and oxygen atoms in total. The molecule has 0 atom stereocenters. The van der Waals surface area contributed by atoms with Crippen molar-refractivity contribution >= 4 is 49.8 Å². The first-order valence-electron chi connectivity index (χ1n) is 9.18. The van der Waals surface area contributed by atoms with Gasteiger partial charge in [0, 0.05) is 15.9 Å². The number of aromatic nitrogens is 1. The number of pyridine rings is 1. The van der Waals surface area contributed by atoms with Crippen LogP contribution >= 0.6 is 27.3 Å². The number of methoxy groups -OCH3 is 2. The number of aryl methyl sites for hydroxylation is 1. The Balaban J connectivity index is 1.86. The first-order chi connectivity index (χ1) is 14.5. The van der Waals surface area contributed by atoms with Crippen LogP contribution in [0.4, 0.5) is 5.69 Å². The molecular weight excluding hydrogens is 464 g/mol. The maximum atomic E-state index is 13.4. The van der Waals surface area contributed by atoms with Crippen LogP contribution in [0.15, 0.2) is 58.4 Å². The van der Waals surface area contributed by atoms with Gasteiger partial charge >= 0.3 is 0 Å². The molecule has 0 saturated heterocycles. The molecule has 0 aliphatic heterocycles. The van der Waals surface area contributed by atoms with E-state index in [4.69, 9.17) is 14.5 Å². The lowest BCUT2D eigenvalue weighted by atomic mass is 10.0. The van der Waals surface area contributed by atoms with E-state index in [9.17, 15) is 4.79 Å². The highest BCUT2D eigenvalue weighted by Crippen LogP contribution is 2.33. The van der Waals surface area contributed by atoms with E-state index in [2.05, 4.69) is 21.2 Å². The lowest BCUT2D eigenvalue weighted by molar-refractivity contribution is 0.102. The van der Waals surface area contributed by atoms with Gasteiger partial charge in [0.05, 0.1) is 41.6 Å². The number of thiophene rings is 1. The number of amides is 1. The molecule has 30 heavy (non-hydrogen) atoms. The zero-order valence-electron chi connectivity index (χ0n) is 16.7. The third-order valence-electron chi connectivity index (χ3n) is 4.74. The molecule has 0 spiro atoms. The van der Waals surface area contributed by atoms with Crippen LogP contribution in [-0.2, 0) is 0 Å². The van der Waals surface area contributed by atoms with Gasteiger partial charge in [0.25, 0.3) is 5.91 Å². The first-order valence-corrected chi connectivity index (χ1v) is 10.9. The Bertz CT molecular complexity index is 1240. The van der Waals surface area contributed by atoms with Crippen molar-refractivity contribution in [2.45, 2.75) is 6.92 Å². The third-order valence-corrected chi connectivity index (χ3v) is 6.09. The van der Waals surface area contributed by atoms with Crippen molar-refractivity contribution in [1.82, 2.24) is 4.98 Å². The molecule has 0 aliphatic rings. The smallest absolute Gasteiger partial charge is 0.256 e. The quantitative estimate of drug-likeness (QED) is 0.362. The first kappa shape index (κ1) is 20.4. The zero-order valence-corrected chi connectivity index (χ0v) is 19.1. The van der Waals surface area contributed by atoms with Crippen LogP contribution in [0, 0.1) is 6.92 Å². The normalized spacial score (nSPS) is 10.8. The molecule has 0 fully saturated rings. The number of carbonyl (C=O) groups excluding carboxylic acids is 1. The fourth-order valence-electron chi connectivity index (χ4n) is 3.30. The van der Waals surface area contributed by atoms with Crippen molar-refractivity contribution < 1.29 is 14.3 Å². The van der Waals surface area contributed by atoms with E-state index in [1.165, 1.54) is 0 Å². The van der Waals surface area contributed by atoms with Crippen LogP contribution in [-0.4, -0.2) is 25.1 Å². The van der Waals surface area contributed by atoms with Gasteiger partial charge in [-0.1, -0.05) is 22.0 Å². The number of hydrogen-bond donors (Lipinski definition) is 1. The van der Waals surface area contributed by atoms with E-state index in [0.717, 1.165) is 31.5 Å². The van der Waals surface area contributed by atoms with Crippen molar-refractivity contribution in [3.8, 4) is 22.1 Å². The number of benzene rings is 2. The topological polar surface area (TPSA) is 60.5 Å². The lowest BCUT2D eigenvalue weighted by Crippen LogP contribution is -2.14. The standard InChI is InChI=1S/C23H19BrN2O3S/c1-13-9-14(24)10-16-17(12-19(25-22(13)16)21-5-4-8-30-21)23(27)26-18-11-15(28-2)6-7-20(18)29-3/h4-12H,1-3H3,(H,26,27). The molecule has 0 saturated carbocycles. The maximum absolute atomic E-state index is 13.4. The molecular formula is C23H19BrN2O3S. The van der Waals surface area contributed by atoms with Crippen LogP contribution < -0.4 is 14.8 Å². The Labute approximate surface area is 186 Å². The third kappa shape index (κ3) is 3.91. The summed E-state index contributed by atoms with van der Waals surface area (Å²) < 4.78 is 11.6. The molecule has 7 heteroatoms. The second-order valence-corrected chi connectivity index (χ2v) is 8.53. The van der Waals surface area contributed by atoms with Crippen molar-refractivity contribution in [2.24, 2.45) is 0 Å². The predicted octanol–water partition coefficient (Wildman–Crippen LogP) is 6.30. The summed E-state index contributed by atoms with van der Waals surface area (Å²) in [6.07, 6.45) is 0. The van der Waals surface area contributed by atoms with Gasteiger partial charge in [0.15, 0.2) is 0 Å². The molecule has 0 radical (unpaired) electrons. The average Bonchev–Trinajstić information content (AvgIpc) is 3.28. The maximum Gasteiger partial charge on any atom is 0.256 e. The molecule has 0 bridgehead atoms. The van der Waals surface area contributed by atoms with Gasteiger partial charge in [-0.3, -0.25) is 4.79 Å². The second kappa shape index (κ2) is 8.45. The fourth-order valence-corrected chi connectivity index (χ4v) is 4.55. The van der Waals surface area contributed by atoms with E-state index < -0.39 is 0 Å². The molecule has 1 amide bonds. The summed E-state index contributed by atoms with van der Waals surface area (Å²) in [6.45, 7) is 1.99. The number of halogens is 1. The van der Waals surface area contributed by atoms with Crippen LogP contribution in [0.2, 0.25) is 0 Å². The van der Waals surface area contributed by atoms with E-state index >= 15 is 0 Å². The van der Waals surface area contributed by atoms with Gasteiger partial charge < -0.3 is 14.8 Å². The number of carbonyl (C=O) groups is 1. The van der Waals surface area contributed by atoms with E-state index in [1.54, 1.807) is 43.8 Å². The molecule has 2 heterocycles. The summed E-state index contributed by atoms with van der Waals surface area (Å²) in [7, 11) is 3.14. The Morgan fingerprint density at radius 3 is 2.63 bits per heavy atom. The molecule has 4 aromatic rings. The van der Waals surface area contributed by atoms with Crippen molar-refractivity contribution in [3.05, 3.63) is 69.5 Å². The molecule has 2 aromatic heterocycles. The number of nitrogens with one attached hydrogen (secondary N) is 1. The minimum Gasteiger partial charge on any atom is -0.497 e. The zero-order chi connectivity index (χ0) is 21.3. The highest BCUT2D eigenvalue weighted by atomic mass is 79.9. The van der Waals surface area contributed by atoms with Gasteiger partial charge in [-0.15, -0.1) is 11.3 Å². The van der Waals surface area contributed by atoms with Crippen LogP contribution in [0.5, 0.6) is 11.5 Å². The van der Waals surface area contributed by atoms with Gasteiger partial charge in [-0.2, -0.15) is 0 Å². The Kier molecular flexibility index (Phi) is 5.74. The van der Waals surface area contributed by atoms with Crippen molar-refractivity contribution in [2.75, 3.05) is 19.5 Å². The molecule has 152 valence electrons. The van der Waals surface area contributed by atoms with Gasteiger partial charge in [0.2, 0.25) is 0 Å². The van der Waals surface area contributed by atoms with Crippen LogP contribution in [0.25, 0.3) is 21.5 Å². The van der Waals surface area contributed by atoms with Crippen molar-refractivity contribution in [3.63, 3.8) is 0 Å². The van der Waals surface area contributed by atoms with Crippen molar-refractivity contribution in [1.29, 1.82) is 0 Å². The number of nitrogens with zero attached hydrogens (tertiary/aromatic N) is 1. The minimum absolute atomic E-state index is 0.246. The minimum atomic E-state index is -0.246. The highest BCUT2D eigenvalue weighted by Gasteiger charge is 2.18. The Morgan fingerprint density at radius 2 is 1.93 bits per heavy atom. The van der Waals surface area contributed by atoms with E-state index in [-0.39, 0.29) is 5.91 Å².